The second kappa shape index (κ2) is 7.98. The van der Waals surface area contributed by atoms with Crippen molar-refractivity contribution in [2.24, 2.45) is 0 Å². The molecule has 138 valence electrons. The van der Waals surface area contributed by atoms with Gasteiger partial charge in [-0.1, -0.05) is 30.3 Å². The van der Waals surface area contributed by atoms with E-state index in [9.17, 15) is 5.11 Å². The fourth-order valence-electron chi connectivity index (χ4n) is 3.79. The fraction of sp³-hybridized carbons (Fsp3) is 0.429. The average molecular weight is 354 g/mol. The first-order valence-electron chi connectivity index (χ1n) is 9.37. The van der Waals surface area contributed by atoms with Crippen molar-refractivity contribution >= 4 is 5.69 Å². The van der Waals surface area contributed by atoms with Crippen LogP contribution in [0, 0.1) is 0 Å². The molecule has 0 amide bonds. The summed E-state index contributed by atoms with van der Waals surface area (Å²) in [5.41, 5.74) is 2.45. The van der Waals surface area contributed by atoms with Crippen LogP contribution in [-0.4, -0.2) is 43.7 Å². The Kier molecular flexibility index (Phi) is 5.27. The van der Waals surface area contributed by atoms with Crippen molar-refractivity contribution in [2.45, 2.75) is 31.3 Å². The first-order chi connectivity index (χ1) is 12.8. The second-order valence-electron chi connectivity index (χ2n) is 7.03. The molecule has 2 N–H and O–H groups in total. The number of anilines is 1. The van der Waals surface area contributed by atoms with E-state index in [0.717, 1.165) is 43.9 Å². The Labute approximate surface area is 154 Å². The number of aliphatic hydroxyl groups excluding tert-OH is 1. The third-order valence-electron chi connectivity index (χ3n) is 5.23. The lowest BCUT2D eigenvalue weighted by Gasteiger charge is -2.35. The van der Waals surface area contributed by atoms with Crippen molar-refractivity contribution in [3.8, 4) is 11.5 Å². The number of aliphatic hydroxyl groups is 1. The molecular weight excluding hydrogens is 328 g/mol. The van der Waals surface area contributed by atoms with Crippen molar-refractivity contribution in [2.75, 3.05) is 31.4 Å². The molecule has 5 nitrogen and oxygen atoms in total. The van der Waals surface area contributed by atoms with Crippen LogP contribution in [0.1, 0.15) is 18.4 Å². The normalized spacial score (nSPS) is 18.1. The molecular formula is C21H26N2O3. The maximum absolute atomic E-state index is 9.74. The number of ether oxygens (including phenoxy) is 2. The van der Waals surface area contributed by atoms with E-state index < -0.39 is 0 Å². The zero-order valence-electron chi connectivity index (χ0n) is 14.9. The lowest BCUT2D eigenvalue weighted by Crippen LogP contribution is -2.48. The van der Waals surface area contributed by atoms with Gasteiger partial charge in [-0.25, -0.2) is 0 Å². The Balaban J connectivity index is 1.30. The van der Waals surface area contributed by atoms with E-state index in [1.807, 2.05) is 24.3 Å². The second-order valence-corrected chi connectivity index (χ2v) is 7.03. The van der Waals surface area contributed by atoms with E-state index in [-0.39, 0.29) is 12.6 Å². The van der Waals surface area contributed by atoms with Crippen LogP contribution in [0.15, 0.2) is 48.5 Å². The van der Waals surface area contributed by atoms with Crippen LogP contribution in [0.5, 0.6) is 11.5 Å². The third kappa shape index (κ3) is 3.94. The number of hydrogen-bond acceptors (Lipinski definition) is 5. The topological polar surface area (TPSA) is 54.0 Å². The minimum Gasteiger partial charge on any atom is -0.454 e. The Morgan fingerprint density at radius 2 is 1.81 bits per heavy atom. The summed E-state index contributed by atoms with van der Waals surface area (Å²) >= 11 is 0. The van der Waals surface area contributed by atoms with Crippen LogP contribution in [0.4, 0.5) is 5.69 Å². The van der Waals surface area contributed by atoms with Gasteiger partial charge in [0.2, 0.25) is 6.79 Å². The fourth-order valence-corrected chi connectivity index (χ4v) is 3.79. The van der Waals surface area contributed by atoms with Gasteiger partial charge in [0.25, 0.3) is 0 Å². The van der Waals surface area contributed by atoms with Crippen LogP contribution in [-0.2, 0) is 6.42 Å². The molecule has 0 spiro atoms. The first kappa shape index (κ1) is 17.2. The Hall–Kier alpha value is -2.24. The number of benzene rings is 2. The number of fused-ring (bicyclic) bond motifs is 1. The maximum atomic E-state index is 9.74. The minimum absolute atomic E-state index is 0.111. The Morgan fingerprint density at radius 3 is 2.58 bits per heavy atom. The van der Waals surface area contributed by atoms with Gasteiger partial charge < -0.3 is 24.8 Å². The lowest BCUT2D eigenvalue weighted by molar-refractivity contribution is 0.174. The summed E-state index contributed by atoms with van der Waals surface area (Å²) in [6, 6.07) is 17.1. The van der Waals surface area contributed by atoms with Gasteiger partial charge >= 0.3 is 0 Å². The summed E-state index contributed by atoms with van der Waals surface area (Å²) in [4.78, 5) is 2.39. The van der Waals surface area contributed by atoms with Gasteiger partial charge in [0, 0.05) is 36.9 Å². The van der Waals surface area contributed by atoms with Crippen molar-refractivity contribution in [1.82, 2.24) is 5.32 Å². The van der Waals surface area contributed by atoms with Crippen LogP contribution >= 0.6 is 0 Å². The third-order valence-corrected chi connectivity index (χ3v) is 5.23. The van der Waals surface area contributed by atoms with E-state index in [1.165, 1.54) is 11.3 Å². The molecule has 2 aromatic carbocycles. The van der Waals surface area contributed by atoms with E-state index >= 15 is 0 Å². The van der Waals surface area contributed by atoms with Crippen LogP contribution in [0.25, 0.3) is 0 Å². The molecule has 2 aliphatic heterocycles. The molecule has 2 aliphatic rings. The number of rotatable bonds is 6. The predicted molar refractivity (Wildman–Crippen MR) is 102 cm³/mol. The summed E-state index contributed by atoms with van der Waals surface area (Å²) in [6.45, 7) is 2.48. The highest BCUT2D eigenvalue weighted by molar-refractivity contribution is 5.57. The highest BCUT2D eigenvalue weighted by Gasteiger charge is 2.23. The van der Waals surface area contributed by atoms with Crippen LogP contribution < -0.4 is 19.7 Å². The molecule has 5 heteroatoms. The molecule has 0 radical (unpaired) electrons. The van der Waals surface area contributed by atoms with E-state index in [0.29, 0.717) is 12.8 Å². The van der Waals surface area contributed by atoms with Gasteiger partial charge in [-0.05, 0) is 37.0 Å². The SMILES string of the molecule is OC[C@@H](Cc1ccccc1)NC1CCN(c2ccc3c(c2)OCO3)CC1. The smallest absolute Gasteiger partial charge is 0.231 e. The molecule has 1 saturated heterocycles. The van der Waals surface area contributed by atoms with Gasteiger partial charge in [0.1, 0.15) is 0 Å². The Morgan fingerprint density at radius 1 is 1.04 bits per heavy atom. The quantitative estimate of drug-likeness (QED) is 0.835. The molecule has 1 atom stereocenters. The molecule has 4 rings (SSSR count). The first-order valence-corrected chi connectivity index (χ1v) is 9.37. The van der Waals surface area contributed by atoms with Gasteiger partial charge in [-0.15, -0.1) is 0 Å². The highest BCUT2D eigenvalue weighted by atomic mass is 16.7. The van der Waals surface area contributed by atoms with Gasteiger partial charge in [-0.2, -0.15) is 0 Å². The summed E-state index contributed by atoms with van der Waals surface area (Å²) in [5.74, 6) is 1.67. The predicted octanol–water partition coefficient (Wildman–Crippen LogP) is 2.58. The minimum atomic E-state index is 0.111. The largest absolute Gasteiger partial charge is 0.454 e. The van der Waals surface area contributed by atoms with E-state index in [4.69, 9.17) is 9.47 Å². The molecule has 2 heterocycles. The summed E-state index contributed by atoms with van der Waals surface area (Å²) in [5, 5.41) is 13.4. The molecule has 0 aliphatic carbocycles. The number of nitrogens with zero attached hydrogens (tertiary/aromatic N) is 1. The zero-order valence-corrected chi connectivity index (χ0v) is 14.9. The maximum Gasteiger partial charge on any atom is 0.231 e. The number of hydrogen-bond donors (Lipinski definition) is 2. The van der Waals surface area contributed by atoms with Gasteiger partial charge in [0.05, 0.1) is 6.61 Å². The van der Waals surface area contributed by atoms with E-state index in [1.54, 1.807) is 0 Å². The molecule has 0 aromatic heterocycles. The van der Waals surface area contributed by atoms with Crippen molar-refractivity contribution in [3.05, 3.63) is 54.1 Å². The molecule has 0 bridgehead atoms. The van der Waals surface area contributed by atoms with Crippen molar-refractivity contribution in [1.29, 1.82) is 0 Å². The molecule has 1 fully saturated rings. The molecule has 2 aromatic rings. The summed E-state index contributed by atoms with van der Waals surface area (Å²) in [7, 11) is 0. The standard InChI is InChI=1S/C21H26N2O3/c24-14-18(12-16-4-2-1-3-5-16)22-17-8-10-23(11-9-17)19-6-7-20-21(13-19)26-15-25-20/h1-7,13,17-18,22,24H,8-12,14-15H2/t18-/m1/s1. The van der Waals surface area contributed by atoms with Crippen LogP contribution in [0.3, 0.4) is 0 Å². The molecule has 0 unspecified atom stereocenters. The van der Waals surface area contributed by atoms with Gasteiger partial charge in [0.15, 0.2) is 11.5 Å². The van der Waals surface area contributed by atoms with E-state index in [2.05, 4.69) is 34.5 Å². The lowest BCUT2D eigenvalue weighted by atomic mass is 10.0. The highest BCUT2D eigenvalue weighted by Crippen LogP contribution is 2.36. The zero-order chi connectivity index (χ0) is 17.8. The summed E-state index contributed by atoms with van der Waals surface area (Å²) in [6.07, 6.45) is 3.00. The Bertz CT molecular complexity index is 714. The number of nitrogens with one attached hydrogen (secondary N) is 1. The molecule has 26 heavy (non-hydrogen) atoms. The van der Waals surface area contributed by atoms with Crippen LogP contribution in [0.2, 0.25) is 0 Å². The monoisotopic (exact) mass is 354 g/mol. The van der Waals surface area contributed by atoms with Crippen molar-refractivity contribution in [3.63, 3.8) is 0 Å². The summed E-state index contributed by atoms with van der Waals surface area (Å²) < 4.78 is 10.9. The van der Waals surface area contributed by atoms with Crippen molar-refractivity contribution < 1.29 is 14.6 Å². The average Bonchev–Trinajstić information content (AvgIpc) is 3.16. The number of piperidine rings is 1. The van der Waals surface area contributed by atoms with Gasteiger partial charge in [-0.3, -0.25) is 0 Å². The molecule has 0 saturated carbocycles.